The van der Waals surface area contributed by atoms with Crippen LogP contribution >= 0.6 is 0 Å². The van der Waals surface area contributed by atoms with E-state index in [1.807, 2.05) is 0 Å². The minimum atomic E-state index is -0.0567. The van der Waals surface area contributed by atoms with Crippen molar-refractivity contribution in [2.75, 3.05) is 18.9 Å². The van der Waals surface area contributed by atoms with Gasteiger partial charge in [0.05, 0.1) is 12.1 Å². The zero-order valence-electron chi connectivity index (χ0n) is 15.6. The number of amides is 1. The summed E-state index contributed by atoms with van der Waals surface area (Å²) in [7, 11) is 4.26. The van der Waals surface area contributed by atoms with E-state index in [9.17, 15) is 4.79 Å². The first kappa shape index (κ1) is 16.4. The van der Waals surface area contributed by atoms with Crippen molar-refractivity contribution in [3.8, 4) is 0 Å². The first-order chi connectivity index (χ1) is 13.1. The number of likely N-dealkylation sites (tertiary alicyclic amines) is 1. The van der Waals surface area contributed by atoms with Gasteiger partial charge in [-0.15, -0.1) is 0 Å². The summed E-state index contributed by atoms with van der Waals surface area (Å²) in [5.41, 5.74) is 4.11. The summed E-state index contributed by atoms with van der Waals surface area (Å²) >= 11 is 0. The van der Waals surface area contributed by atoms with Crippen LogP contribution in [0.15, 0.2) is 43.0 Å². The second-order valence-electron chi connectivity index (χ2n) is 7.84. The third-order valence-corrected chi connectivity index (χ3v) is 6.22. The Labute approximate surface area is 158 Å². The zero-order chi connectivity index (χ0) is 18.5. The molecule has 0 radical (unpaired) electrons. The van der Waals surface area contributed by atoms with E-state index in [1.54, 1.807) is 18.6 Å². The van der Waals surface area contributed by atoms with Crippen molar-refractivity contribution < 1.29 is 4.79 Å². The molecule has 1 saturated heterocycles. The number of nitrogens with one attached hydrogen (secondary N) is 1. The fourth-order valence-electron chi connectivity index (χ4n) is 5.00. The highest BCUT2D eigenvalue weighted by Gasteiger charge is 2.41. The number of anilines is 1. The molecule has 27 heavy (non-hydrogen) atoms. The van der Waals surface area contributed by atoms with E-state index in [1.165, 1.54) is 22.0 Å². The maximum Gasteiger partial charge on any atom is 0.229 e. The predicted molar refractivity (Wildman–Crippen MR) is 105 cm³/mol. The van der Waals surface area contributed by atoms with Gasteiger partial charge in [0.2, 0.25) is 5.91 Å². The largest absolute Gasteiger partial charge is 0.350 e. The van der Waals surface area contributed by atoms with Crippen LogP contribution in [0.2, 0.25) is 0 Å². The second kappa shape index (κ2) is 6.16. The Morgan fingerprint density at radius 3 is 2.96 bits per heavy atom. The van der Waals surface area contributed by atoms with Crippen molar-refractivity contribution in [3.05, 3.63) is 54.1 Å². The summed E-state index contributed by atoms with van der Waals surface area (Å²) in [6, 6.07) is 7.03. The monoisotopic (exact) mass is 361 g/mol. The predicted octanol–water partition coefficient (Wildman–Crippen LogP) is 2.57. The van der Waals surface area contributed by atoms with Crippen LogP contribution in [0.3, 0.4) is 0 Å². The molecule has 0 saturated carbocycles. The lowest BCUT2D eigenvalue weighted by atomic mass is 9.72. The third-order valence-electron chi connectivity index (χ3n) is 6.22. The summed E-state index contributed by atoms with van der Waals surface area (Å²) in [6.07, 6.45) is 8.98. The lowest BCUT2D eigenvalue weighted by Crippen LogP contribution is -2.50. The van der Waals surface area contributed by atoms with Crippen molar-refractivity contribution >= 4 is 22.6 Å². The molecule has 2 aromatic heterocycles. The Hall–Kier alpha value is -2.73. The van der Waals surface area contributed by atoms with Gasteiger partial charge in [0.1, 0.15) is 0 Å². The number of hydrogen-bond donors (Lipinski definition) is 1. The average Bonchev–Trinajstić information content (AvgIpc) is 3.00. The number of aryl methyl sites for hydroxylation is 1. The van der Waals surface area contributed by atoms with Crippen LogP contribution in [0.5, 0.6) is 0 Å². The summed E-state index contributed by atoms with van der Waals surface area (Å²) in [6.45, 7) is 0.769. The molecule has 0 spiro atoms. The van der Waals surface area contributed by atoms with Crippen LogP contribution in [0.25, 0.3) is 10.9 Å². The Bertz CT molecular complexity index is 1010. The van der Waals surface area contributed by atoms with E-state index >= 15 is 0 Å². The van der Waals surface area contributed by atoms with Crippen LogP contribution < -0.4 is 5.32 Å². The van der Waals surface area contributed by atoms with Crippen molar-refractivity contribution in [3.63, 3.8) is 0 Å². The third kappa shape index (κ3) is 2.63. The number of benzene rings is 1. The number of likely N-dealkylation sites (N-methyl/N-ethyl adjacent to an activating group) is 1. The number of nitrogens with zero attached hydrogens (tertiary/aromatic N) is 4. The Morgan fingerprint density at radius 2 is 2.15 bits per heavy atom. The standard InChI is InChI=1S/C21H23N5O/c1-25-11-13-9-18-16(15-4-3-5-17(25)20(13)15)8-14(12-26(18)2)21(27)24-19-10-22-6-7-23-19/h3-7,10-11,14,16,18H,8-9,12H2,1-2H3,(H,23,24,27)/t14-,16?,18-/m1/s1. The molecule has 1 aliphatic carbocycles. The quantitative estimate of drug-likeness (QED) is 0.762. The lowest BCUT2D eigenvalue weighted by Gasteiger charge is -2.45. The molecule has 2 aliphatic rings. The smallest absolute Gasteiger partial charge is 0.229 e. The topological polar surface area (TPSA) is 63.1 Å². The molecule has 1 aromatic carbocycles. The van der Waals surface area contributed by atoms with Gasteiger partial charge in [-0.05, 0) is 37.1 Å². The number of fused-ring (bicyclic) bond motifs is 2. The zero-order valence-corrected chi connectivity index (χ0v) is 15.6. The number of hydrogen-bond acceptors (Lipinski definition) is 4. The van der Waals surface area contributed by atoms with Gasteiger partial charge >= 0.3 is 0 Å². The van der Waals surface area contributed by atoms with E-state index in [0.29, 0.717) is 17.8 Å². The summed E-state index contributed by atoms with van der Waals surface area (Å²) in [4.78, 5) is 23.4. The van der Waals surface area contributed by atoms with Gasteiger partial charge in [-0.1, -0.05) is 12.1 Å². The fourth-order valence-corrected chi connectivity index (χ4v) is 5.00. The minimum Gasteiger partial charge on any atom is -0.350 e. The molecule has 6 heteroatoms. The van der Waals surface area contributed by atoms with Gasteiger partial charge in [0, 0.05) is 55.0 Å². The van der Waals surface area contributed by atoms with Crippen LogP contribution in [0.4, 0.5) is 5.82 Å². The van der Waals surface area contributed by atoms with Crippen LogP contribution in [-0.2, 0) is 18.3 Å². The van der Waals surface area contributed by atoms with Crippen molar-refractivity contribution in [2.24, 2.45) is 13.0 Å². The van der Waals surface area contributed by atoms with E-state index in [2.05, 4.69) is 63.2 Å². The molecule has 1 unspecified atom stereocenters. The summed E-state index contributed by atoms with van der Waals surface area (Å²) in [5, 5.41) is 4.33. The number of carbonyl (C=O) groups is 1. The molecule has 6 nitrogen and oxygen atoms in total. The van der Waals surface area contributed by atoms with Gasteiger partial charge in [0.15, 0.2) is 5.82 Å². The molecule has 3 atom stereocenters. The number of rotatable bonds is 2. The van der Waals surface area contributed by atoms with Crippen LogP contribution in [0, 0.1) is 5.92 Å². The number of aromatic nitrogens is 3. The molecule has 0 bridgehead atoms. The molecule has 1 aliphatic heterocycles. The SMILES string of the molecule is CN1C[C@H](C(=O)Nc2cnccn2)CC2c3cccc4c3c(cn4C)C[C@H]21. The summed E-state index contributed by atoms with van der Waals surface area (Å²) in [5.74, 6) is 0.869. The van der Waals surface area contributed by atoms with E-state index in [-0.39, 0.29) is 11.8 Å². The van der Waals surface area contributed by atoms with Gasteiger partial charge in [-0.2, -0.15) is 0 Å². The summed E-state index contributed by atoms with van der Waals surface area (Å²) < 4.78 is 2.23. The van der Waals surface area contributed by atoms with E-state index < -0.39 is 0 Å². The molecule has 3 aromatic rings. The van der Waals surface area contributed by atoms with E-state index in [4.69, 9.17) is 0 Å². The molecular formula is C21H23N5O. The molecular weight excluding hydrogens is 338 g/mol. The minimum absolute atomic E-state index is 0.0341. The lowest BCUT2D eigenvalue weighted by molar-refractivity contribution is -0.122. The number of carbonyl (C=O) groups excluding carboxylic acids is 1. The number of piperidine rings is 1. The van der Waals surface area contributed by atoms with Crippen LogP contribution in [0.1, 0.15) is 23.5 Å². The molecule has 138 valence electrons. The first-order valence-corrected chi connectivity index (χ1v) is 9.45. The average molecular weight is 361 g/mol. The molecule has 1 N–H and O–H groups in total. The van der Waals surface area contributed by atoms with Crippen molar-refractivity contribution in [1.82, 2.24) is 19.4 Å². The van der Waals surface area contributed by atoms with Gasteiger partial charge < -0.3 is 14.8 Å². The first-order valence-electron chi connectivity index (χ1n) is 9.45. The normalized spacial score (nSPS) is 24.6. The molecule has 1 fully saturated rings. The fraction of sp³-hybridized carbons (Fsp3) is 0.381. The highest BCUT2D eigenvalue weighted by Crippen LogP contribution is 2.44. The van der Waals surface area contributed by atoms with Crippen molar-refractivity contribution in [1.29, 1.82) is 0 Å². The molecule has 5 rings (SSSR count). The van der Waals surface area contributed by atoms with E-state index in [0.717, 1.165) is 19.4 Å². The maximum absolute atomic E-state index is 12.9. The Morgan fingerprint density at radius 1 is 1.26 bits per heavy atom. The Balaban J connectivity index is 1.47. The molecule has 3 heterocycles. The van der Waals surface area contributed by atoms with Crippen LogP contribution in [-0.4, -0.2) is 45.0 Å². The van der Waals surface area contributed by atoms with Crippen molar-refractivity contribution in [2.45, 2.75) is 24.8 Å². The second-order valence-corrected chi connectivity index (χ2v) is 7.84. The highest BCUT2D eigenvalue weighted by atomic mass is 16.2. The maximum atomic E-state index is 12.9. The van der Waals surface area contributed by atoms with Gasteiger partial charge in [0.25, 0.3) is 0 Å². The Kier molecular flexibility index (Phi) is 3.75. The van der Waals surface area contributed by atoms with Gasteiger partial charge in [-0.25, -0.2) is 4.98 Å². The van der Waals surface area contributed by atoms with Gasteiger partial charge in [-0.3, -0.25) is 9.78 Å². The molecule has 1 amide bonds. The highest BCUT2D eigenvalue weighted by molar-refractivity contribution is 5.92.